The molecule has 20 heavy (non-hydrogen) atoms. The second-order valence-electron chi connectivity index (χ2n) is 5.84. The molecule has 1 heterocycles. The Kier molecular flexibility index (Phi) is 4.20. The first-order valence-corrected chi connectivity index (χ1v) is 7.90. The van der Waals surface area contributed by atoms with Gasteiger partial charge in [-0.3, -0.25) is 0 Å². The minimum atomic E-state index is -0.478. The smallest absolute Gasteiger partial charge is 0.0779 e. The minimum Gasteiger partial charge on any atom is -0.389 e. The van der Waals surface area contributed by atoms with Crippen molar-refractivity contribution in [1.29, 1.82) is 0 Å². The number of nitrogens with zero attached hydrogens (tertiary/aromatic N) is 1. The van der Waals surface area contributed by atoms with Gasteiger partial charge in [0, 0.05) is 6.54 Å². The maximum absolute atomic E-state index is 9.64. The van der Waals surface area contributed by atoms with Crippen LogP contribution in [0.4, 0.5) is 5.69 Å². The Balaban J connectivity index is 1.87. The Morgan fingerprint density at radius 3 is 2.90 bits per heavy atom. The fraction of sp³-hybridized carbons (Fsp3) is 0.625. The average Bonchev–Trinajstić information content (AvgIpc) is 2.46. The number of benzene rings is 1. The molecule has 0 bridgehead atoms. The third kappa shape index (κ3) is 2.67. The molecule has 0 spiro atoms. The van der Waals surface area contributed by atoms with Crippen molar-refractivity contribution in [2.75, 3.05) is 18.1 Å². The summed E-state index contributed by atoms with van der Waals surface area (Å²) in [6.45, 7) is 3.43. The Morgan fingerprint density at radius 1 is 1.35 bits per heavy atom. The van der Waals surface area contributed by atoms with Crippen LogP contribution in [0.25, 0.3) is 0 Å². The van der Waals surface area contributed by atoms with Crippen LogP contribution in [0.1, 0.15) is 44.3 Å². The monoisotopic (exact) mass is 295 g/mol. The quantitative estimate of drug-likeness (QED) is 0.906. The number of hydrogen-bond acceptors (Lipinski definition) is 3. The molecular formula is C16H22ClNO2. The number of hydrogen-bond donors (Lipinski definition) is 1. The number of fused-ring (bicyclic) bond motifs is 1. The maximum atomic E-state index is 9.64. The first-order chi connectivity index (χ1) is 9.66. The van der Waals surface area contributed by atoms with Gasteiger partial charge in [0.1, 0.15) is 0 Å². The molecule has 1 aliphatic carbocycles. The van der Waals surface area contributed by atoms with Gasteiger partial charge in [0.2, 0.25) is 0 Å². The van der Waals surface area contributed by atoms with Gasteiger partial charge < -0.3 is 14.7 Å². The van der Waals surface area contributed by atoms with Crippen LogP contribution < -0.4 is 4.90 Å². The second-order valence-corrected chi connectivity index (χ2v) is 6.25. The summed E-state index contributed by atoms with van der Waals surface area (Å²) in [5.41, 5.74) is 1.95. The number of halogens is 1. The fourth-order valence-electron chi connectivity index (χ4n) is 3.41. The van der Waals surface area contributed by atoms with Gasteiger partial charge in [0.15, 0.2) is 0 Å². The lowest BCUT2D eigenvalue weighted by Crippen LogP contribution is -2.52. The van der Waals surface area contributed by atoms with E-state index in [1.54, 1.807) is 6.92 Å². The third-order valence-electron chi connectivity index (χ3n) is 4.50. The van der Waals surface area contributed by atoms with Crippen LogP contribution in [-0.2, 0) is 4.74 Å². The highest BCUT2D eigenvalue weighted by atomic mass is 35.5. The molecule has 0 radical (unpaired) electrons. The zero-order valence-corrected chi connectivity index (χ0v) is 12.6. The second kappa shape index (κ2) is 5.92. The van der Waals surface area contributed by atoms with Crippen molar-refractivity contribution in [3.63, 3.8) is 0 Å². The molecule has 110 valence electrons. The molecule has 0 amide bonds. The fourth-order valence-corrected chi connectivity index (χ4v) is 3.71. The Bertz CT molecular complexity index is 476. The molecule has 1 aromatic carbocycles. The van der Waals surface area contributed by atoms with Crippen molar-refractivity contribution >= 4 is 17.3 Å². The zero-order chi connectivity index (χ0) is 14.1. The topological polar surface area (TPSA) is 32.7 Å². The van der Waals surface area contributed by atoms with Crippen molar-refractivity contribution < 1.29 is 9.84 Å². The van der Waals surface area contributed by atoms with Gasteiger partial charge in [0.25, 0.3) is 0 Å². The highest BCUT2D eigenvalue weighted by molar-refractivity contribution is 6.33. The van der Waals surface area contributed by atoms with Gasteiger partial charge in [-0.05, 0) is 37.5 Å². The SMILES string of the molecule is C[C@H](O)c1ccc(N2CCOC3CCCCC32)c(Cl)c1. The van der Waals surface area contributed by atoms with Crippen molar-refractivity contribution in [2.24, 2.45) is 0 Å². The molecular weight excluding hydrogens is 274 g/mol. The predicted octanol–water partition coefficient (Wildman–Crippen LogP) is 3.54. The van der Waals surface area contributed by atoms with Crippen LogP contribution in [0.15, 0.2) is 18.2 Å². The summed E-state index contributed by atoms with van der Waals surface area (Å²) in [6, 6.07) is 6.35. The van der Waals surface area contributed by atoms with E-state index >= 15 is 0 Å². The number of anilines is 1. The van der Waals surface area contributed by atoms with Crippen LogP contribution >= 0.6 is 11.6 Å². The highest BCUT2D eigenvalue weighted by Gasteiger charge is 2.35. The van der Waals surface area contributed by atoms with Crippen LogP contribution in [0.2, 0.25) is 5.02 Å². The average molecular weight is 296 g/mol. The van der Waals surface area contributed by atoms with E-state index in [1.807, 2.05) is 18.2 Å². The van der Waals surface area contributed by atoms with Crippen molar-refractivity contribution in [2.45, 2.75) is 50.9 Å². The standard InChI is InChI=1S/C16H22ClNO2/c1-11(19)12-6-7-14(13(17)10-12)18-8-9-20-16-5-3-2-4-15(16)18/h6-7,10-11,15-16,19H,2-5,8-9H2,1H3/t11-,15?,16?/m0/s1. The van der Waals surface area contributed by atoms with Crippen molar-refractivity contribution in [3.05, 3.63) is 28.8 Å². The number of aliphatic hydroxyl groups is 1. The lowest BCUT2D eigenvalue weighted by Gasteiger charge is -2.45. The first-order valence-electron chi connectivity index (χ1n) is 7.52. The number of aliphatic hydroxyl groups excluding tert-OH is 1. The first kappa shape index (κ1) is 14.2. The van der Waals surface area contributed by atoms with E-state index in [-0.39, 0.29) is 0 Å². The number of ether oxygens (including phenoxy) is 1. The Morgan fingerprint density at radius 2 is 2.15 bits per heavy atom. The van der Waals surface area contributed by atoms with Gasteiger partial charge in [0.05, 0.1) is 35.6 Å². The van der Waals surface area contributed by atoms with Crippen LogP contribution in [0, 0.1) is 0 Å². The van der Waals surface area contributed by atoms with Gasteiger partial charge in [-0.2, -0.15) is 0 Å². The van der Waals surface area contributed by atoms with Crippen LogP contribution in [0.5, 0.6) is 0 Å². The van der Waals surface area contributed by atoms with E-state index in [1.165, 1.54) is 19.3 Å². The van der Waals surface area contributed by atoms with E-state index < -0.39 is 6.10 Å². The molecule has 3 rings (SSSR count). The molecule has 1 N–H and O–H groups in total. The molecule has 0 aromatic heterocycles. The molecule has 1 aliphatic heterocycles. The lowest BCUT2D eigenvalue weighted by molar-refractivity contribution is -0.00867. The normalized spacial score (nSPS) is 28.1. The lowest BCUT2D eigenvalue weighted by atomic mass is 9.89. The zero-order valence-electron chi connectivity index (χ0n) is 11.9. The van der Waals surface area contributed by atoms with Gasteiger partial charge >= 0.3 is 0 Å². The van der Waals surface area contributed by atoms with Gasteiger partial charge in [-0.15, -0.1) is 0 Å². The van der Waals surface area contributed by atoms with Gasteiger partial charge in [-0.1, -0.05) is 30.5 Å². The summed E-state index contributed by atoms with van der Waals surface area (Å²) in [5, 5.41) is 10.4. The molecule has 4 heteroatoms. The molecule has 2 aliphatic rings. The van der Waals surface area contributed by atoms with Crippen molar-refractivity contribution in [1.82, 2.24) is 0 Å². The summed E-state index contributed by atoms with van der Waals surface area (Å²) >= 11 is 6.44. The molecule has 3 nitrogen and oxygen atoms in total. The molecule has 1 aromatic rings. The summed E-state index contributed by atoms with van der Waals surface area (Å²) in [5.74, 6) is 0. The molecule has 3 atom stereocenters. The summed E-state index contributed by atoms with van der Waals surface area (Å²) in [6.07, 6.45) is 4.75. The van der Waals surface area contributed by atoms with Crippen LogP contribution in [0.3, 0.4) is 0 Å². The van der Waals surface area contributed by atoms with Gasteiger partial charge in [-0.25, -0.2) is 0 Å². The summed E-state index contributed by atoms with van der Waals surface area (Å²) in [4.78, 5) is 2.40. The Hall–Kier alpha value is -0.770. The maximum Gasteiger partial charge on any atom is 0.0779 e. The number of morpholine rings is 1. The van der Waals surface area contributed by atoms with Crippen molar-refractivity contribution in [3.8, 4) is 0 Å². The number of rotatable bonds is 2. The highest BCUT2D eigenvalue weighted by Crippen LogP contribution is 2.36. The summed E-state index contributed by atoms with van der Waals surface area (Å²) < 4.78 is 5.91. The third-order valence-corrected chi connectivity index (χ3v) is 4.80. The van der Waals surface area contributed by atoms with E-state index in [4.69, 9.17) is 16.3 Å². The molecule has 1 saturated heterocycles. The minimum absolute atomic E-state index is 0.352. The van der Waals surface area contributed by atoms with E-state index in [0.717, 1.165) is 35.8 Å². The summed E-state index contributed by atoms with van der Waals surface area (Å²) in [7, 11) is 0. The van der Waals surface area contributed by atoms with E-state index in [2.05, 4.69) is 4.90 Å². The van der Waals surface area contributed by atoms with E-state index in [9.17, 15) is 5.11 Å². The predicted molar refractivity (Wildman–Crippen MR) is 81.4 cm³/mol. The van der Waals surface area contributed by atoms with Crippen LogP contribution in [-0.4, -0.2) is 30.4 Å². The molecule has 1 saturated carbocycles. The molecule has 2 unspecified atom stereocenters. The van der Waals surface area contributed by atoms with E-state index in [0.29, 0.717) is 12.1 Å². The molecule has 2 fully saturated rings. The largest absolute Gasteiger partial charge is 0.389 e. The Labute approximate surface area is 125 Å².